The molecule has 0 amide bonds. The minimum atomic E-state index is -1.17. The Morgan fingerprint density at radius 1 is 0.688 bits per heavy atom. The number of carbonyl (C=O) groups is 2. The maximum Gasteiger partial charge on any atom is 0.332 e. The van der Waals surface area contributed by atoms with Gasteiger partial charge in [-0.2, -0.15) is 0 Å². The van der Waals surface area contributed by atoms with Crippen LogP contribution in [0.2, 0.25) is 0 Å². The maximum absolute atomic E-state index is 11.2. The second-order valence-corrected chi connectivity index (χ2v) is 5.86. The number of hydrogen-bond acceptors (Lipinski definition) is 2. The Balaban J connectivity index is 6.09. The molecule has 0 fully saturated rings. The van der Waals surface area contributed by atoms with Crippen molar-refractivity contribution in [3.05, 3.63) is 11.1 Å². The molecule has 0 atom stereocenters. The van der Waals surface area contributed by atoms with E-state index in [0.29, 0.717) is 0 Å². The Labute approximate surface area is 96.0 Å². The fourth-order valence-corrected chi connectivity index (χ4v) is 1.61. The van der Waals surface area contributed by atoms with Gasteiger partial charge in [0.1, 0.15) is 0 Å². The molecule has 0 aliphatic heterocycles. The first-order chi connectivity index (χ1) is 6.89. The van der Waals surface area contributed by atoms with E-state index in [-0.39, 0.29) is 11.1 Å². The molecule has 92 valence electrons. The maximum atomic E-state index is 11.2. The van der Waals surface area contributed by atoms with Crippen molar-refractivity contribution >= 4 is 11.9 Å². The summed E-state index contributed by atoms with van der Waals surface area (Å²) in [5.74, 6) is -2.33. The molecule has 0 aromatic carbocycles. The van der Waals surface area contributed by atoms with E-state index >= 15 is 0 Å². The third-order valence-electron chi connectivity index (χ3n) is 2.18. The zero-order valence-electron chi connectivity index (χ0n) is 10.7. The normalized spacial score (nSPS) is 14.4. The van der Waals surface area contributed by atoms with Crippen molar-refractivity contribution in [1.82, 2.24) is 0 Å². The standard InChI is InChI=1S/C12H20O4/c1-11(2,3)7(9(13)14)8(10(15)16)12(4,5)6/h1-6H3,(H,13,14)(H,15,16). The van der Waals surface area contributed by atoms with Crippen molar-refractivity contribution in [2.75, 3.05) is 0 Å². The minimum Gasteiger partial charge on any atom is -0.478 e. The average Bonchev–Trinajstić information content (AvgIpc) is 1.92. The summed E-state index contributed by atoms with van der Waals surface area (Å²) in [6.45, 7) is 10.2. The van der Waals surface area contributed by atoms with Crippen molar-refractivity contribution in [2.24, 2.45) is 10.8 Å². The second kappa shape index (κ2) is 4.28. The Morgan fingerprint density at radius 3 is 0.938 bits per heavy atom. The van der Waals surface area contributed by atoms with Crippen LogP contribution in [0.4, 0.5) is 0 Å². The van der Waals surface area contributed by atoms with Crippen molar-refractivity contribution in [3.63, 3.8) is 0 Å². The van der Waals surface area contributed by atoms with Gasteiger partial charge >= 0.3 is 11.9 Å². The number of rotatable bonds is 2. The van der Waals surface area contributed by atoms with Gasteiger partial charge in [0.05, 0.1) is 11.1 Å². The van der Waals surface area contributed by atoms with Gasteiger partial charge in [0, 0.05) is 0 Å². The number of carboxylic acid groups (broad SMARTS) is 2. The second-order valence-electron chi connectivity index (χ2n) is 5.86. The van der Waals surface area contributed by atoms with Gasteiger partial charge in [0.2, 0.25) is 0 Å². The van der Waals surface area contributed by atoms with Crippen LogP contribution in [0, 0.1) is 10.8 Å². The molecule has 0 aliphatic rings. The van der Waals surface area contributed by atoms with E-state index in [9.17, 15) is 19.8 Å². The van der Waals surface area contributed by atoms with Crippen LogP contribution in [0.15, 0.2) is 11.1 Å². The molecule has 0 spiro atoms. The highest BCUT2D eigenvalue weighted by Crippen LogP contribution is 2.36. The molecular formula is C12H20O4. The van der Waals surface area contributed by atoms with Crippen molar-refractivity contribution < 1.29 is 19.8 Å². The smallest absolute Gasteiger partial charge is 0.332 e. The highest BCUT2D eigenvalue weighted by molar-refractivity contribution is 6.00. The number of hydrogen-bond donors (Lipinski definition) is 2. The molecule has 0 bridgehead atoms. The summed E-state index contributed by atoms with van der Waals surface area (Å²) in [6.07, 6.45) is 0. The van der Waals surface area contributed by atoms with Crippen LogP contribution in [0.3, 0.4) is 0 Å². The van der Waals surface area contributed by atoms with Crippen molar-refractivity contribution in [1.29, 1.82) is 0 Å². The third-order valence-corrected chi connectivity index (χ3v) is 2.18. The summed E-state index contributed by atoms with van der Waals surface area (Å²) in [5, 5.41) is 18.3. The quantitative estimate of drug-likeness (QED) is 0.712. The lowest BCUT2D eigenvalue weighted by Crippen LogP contribution is -2.29. The predicted molar refractivity (Wildman–Crippen MR) is 61.2 cm³/mol. The zero-order valence-corrected chi connectivity index (χ0v) is 10.7. The molecule has 0 radical (unpaired) electrons. The van der Waals surface area contributed by atoms with E-state index in [4.69, 9.17) is 0 Å². The predicted octanol–water partition coefficient (Wildman–Crippen LogP) is 2.54. The number of carboxylic acids is 2. The van der Waals surface area contributed by atoms with E-state index in [1.165, 1.54) is 0 Å². The molecular weight excluding hydrogens is 208 g/mol. The highest BCUT2D eigenvalue weighted by atomic mass is 16.4. The molecule has 0 saturated heterocycles. The highest BCUT2D eigenvalue weighted by Gasteiger charge is 2.36. The first-order valence-electron chi connectivity index (χ1n) is 5.11. The topological polar surface area (TPSA) is 74.6 Å². The van der Waals surface area contributed by atoms with Crippen LogP contribution in [-0.4, -0.2) is 22.2 Å². The van der Waals surface area contributed by atoms with E-state index in [1.54, 1.807) is 41.5 Å². The van der Waals surface area contributed by atoms with Gasteiger partial charge in [-0.25, -0.2) is 9.59 Å². The van der Waals surface area contributed by atoms with E-state index in [2.05, 4.69) is 0 Å². The van der Waals surface area contributed by atoms with Crippen LogP contribution in [0.25, 0.3) is 0 Å². The van der Waals surface area contributed by atoms with Crippen molar-refractivity contribution in [2.45, 2.75) is 41.5 Å². The Kier molecular flexibility index (Phi) is 3.92. The summed E-state index contributed by atoms with van der Waals surface area (Å²) in [5.41, 5.74) is -1.47. The van der Waals surface area contributed by atoms with Gasteiger partial charge in [0.15, 0.2) is 0 Å². The fraction of sp³-hybridized carbons (Fsp3) is 0.667. The largest absolute Gasteiger partial charge is 0.478 e. The van der Waals surface area contributed by atoms with E-state index in [0.717, 1.165) is 0 Å². The summed E-state index contributed by atoms with van der Waals surface area (Å²) in [4.78, 5) is 22.4. The van der Waals surface area contributed by atoms with Gasteiger partial charge < -0.3 is 10.2 Å². The number of aliphatic carboxylic acids is 2. The molecule has 0 aromatic heterocycles. The van der Waals surface area contributed by atoms with Crippen LogP contribution >= 0.6 is 0 Å². The van der Waals surface area contributed by atoms with Gasteiger partial charge in [-0.05, 0) is 10.8 Å². The van der Waals surface area contributed by atoms with E-state index in [1.807, 2.05) is 0 Å². The van der Waals surface area contributed by atoms with Crippen LogP contribution in [-0.2, 0) is 9.59 Å². The van der Waals surface area contributed by atoms with Gasteiger partial charge in [-0.3, -0.25) is 0 Å². The minimum absolute atomic E-state index is 0.0347. The monoisotopic (exact) mass is 228 g/mol. The molecule has 4 heteroatoms. The molecule has 0 aliphatic carbocycles. The van der Waals surface area contributed by atoms with Gasteiger partial charge in [-0.15, -0.1) is 0 Å². The average molecular weight is 228 g/mol. The first-order valence-corrected chi connectivity index (χ1v) is 5.11. The SMILES string of the molecule is CC(C)(C)C(C(=O)O)=C(C(=O)O)C(C)(C)C. The lowest BCUT2D eigenvalue weighted by Gasteiger charge is -2.28. The first kappa shape index (κ1) is 14.7. The Bertz CT molecular complexity index is 303. The Morgan fingerprint density at radius 2 is 0.875 bits per heavy atom. The third kappa shape index (κ3) is 3.36. The molecule has 0 saturated carbocycles. The summed E-state index contributed by atoms with van der Waals surface area (Å²) in [7, 11) is 0. The molecule has 0 heterocycles. The molecule has 2 N–H and O–H groups in total. The van der Waals surface area contributed by atoms with Gasteiger partial charge in [-0.1, -0.05) is 41.5 Å². The van der Waals surface area contributed by atoms with Crippen LogP contribution in [0.1, 0.15) is 41.5 Å². The van der Waals surface area contributed by atoms with Crippen LogP contribution < -0.4 is 0 Å². The lowest BCUT2D eigenvalue weighted by molar-refractivity contribution is -0.137. The molecule has 16 heavy (non-hydrogen) atoms. The van der Waals surface area contributed by atoms with Crippen molar-refractivity contribution in [3.8, 4) is 0 Å². The van der Waals surface area contributed by atoms with E-state index < -0.39 is 22.8 Å². The zero-order chi connectivity index (χ0) is 13.3. The summed E-state index contributed by atoms with van der Waals surface area (Å²) >= 11 is 0. The summed E-state index contributed by atoms with van der Waals surface area (Å²) < 4.78 is 0. The Hall–Kier alpha value is -1.32. The fourth-order valence-electron chi connectivity index (χ4n) is 1.61. The molecule has 4 nitrogen and oxygen atoms in total. The van der Waals surface area contributed by atoms with Gasteiger partial charge in [0.25, 0.3) is 0 Å². The molecule has 0 aromatic rings. The summed E-state index contributed by atoms with van der Waals surface area (Å²) in [6, 6.07) is 0. The van der Waals surface area contributed by atoms with Crippen LogP contribution in [0.5, 0.6) is 0 Å². The molecule has 0 unspecified atom stereocenters. The molecule has 0 rings (SSSR count). The lowest BCUT2D eigenvalue weighted by atomic mass is 9.75.